The minimum absolute atomic E-state index is 0.250. The largest absolute Gasteiger partial charge is 0.396 e. The van der Waals surface area contributed by atoms with E-state index in [0.717, 1.165) is 12.8 Å². The van der Waals surface area contributed by atoms with Crippen molar-refractivity contribution >= 4 is 0 Å². The van der Waals surface area contributed by atoms with Gasteiger partial charge in [0.2, 0.25) is 0 Å². The Morgan fingerprint density at radius 3 is 1.50 bits per heavy atom. The summed E-state index contributed by atoms with van der Waals surface area (Å²) in [4.78, 5) is 0. The normalized spacial score (nSPS) is 16.7. The molecule has 0 radical (unpaired) electrons. The second-order valence-electron chi connectivity index (χ2n) is 3.52. The average Bonchev–Trinajstić information content (AvgIpc) is 2.11. The van der Waals surface area contributed by atoms with E-state index < -0.39 is 0 Å². The molecule has 0 saturated heterocycles. The highest BCUT2D eigenvalue weighted by Gasteiger charge is 1.96. The van der Waals surface area contributed by atoms with Gasteiger partial charge in [-0.05, 0) is 24.7 Å². The molecular formula is C10H20O2. The fourth-order valence-corrected chi connectivity index (χ4v) is 0.806. The summed E-state index contributed by atoms with van der Waals surface area (Å²) in [6.07, 6.45) is 6.00. The molecule has 0 saturated carbocycles. The maximum Gasteiger partial charge on any atom is 0.0459 e. The third-order valence-electron chi connectivity index (χ3n) is 1.87. The molecule has 2 nitrogen and oxygen atoms in total. The second kappa shape index (κ2) is 7.32. The Labute approximate surface area is 74.9 Å². The van der Waals surface area contributed by atoms with Crippen molar-refractivity contribution in [3.8, 4) is 0 Å². The molecule has 0 aliphatic rings. The monoisotopic (exact) mass is 172 g/mol. The van der Waals surface area contributed by atoms with Gasteiger partial charge in [0.05, 0.1) is 0 Å². The van der Waals surface area contributed by atoms with E-state index >= 15 is 0 Å². The van der Waals surface area contributed by atoms with Gasteiger partial charge < -0.3 is 10.2 Å². The van der Waals surface area contributed by atoms with Crippen LogP contribution in [0.5, 0.6) is 0 Å². The zero-order chi connectivity index (χ0) is 9.40. The van der Waals surface area contributed by atoms with Crippen LogP contribution in [0.1, 0.15) is 26.7 Å². The van der Waals surface area contributed by atoms with E-state index in [1.165, 1.54) is 0 Å². The fourth-order valence-electron chi connectivity index (χ4n) is 0.806. The van der Waals surface area contributed by atoms with Crippen LogP contribution >= 0.6 is 0 Å². The number of rotatable bonds is 6. The van der Waals surface area contributed by atoms with Crippen LogP contribution in [0.2, 0.25) is 0 Å². The number of aliphatic hydroxyl groups excluding tert-OH is 2. The summed E-state index contributed by atoms with van der Waals surface area (Å²) in [7, 11) is 0. The Kier molecular flexibility index (Phi) is 7.11. The molecular weight excluding hydrogens is 152 g/mol. The molecule has 0 aromatic rings. The first-order valence-corrected chi connectivity index (χ1v) is 4.57. The van der Waals surface area contributed by atoms with Gasteiger partial charge in [-0.3, -0.25) is 0 Å². The van der Waals surface area contributed by atoms with Gasteiger partial charge in [-0.25, -0.2) is 0 Å². The van der Waals surface area contributed by atoms with Crippen LogP contribution in [-0.4, -0.2) is 23.4 Å². The second-order valence-corrected chi connectivity index (χ2v) is 3.52. The Morgan fingerprint density at radius 2 is 1.25 bits per heavy atom. The highest BCUT2D eigenvalue weighted by Crippen LogP contribution is 2.05. The van der Waals surface area contributed by atoms with E-state index in [0.29, 0.717) is 11.8 Å². The first-order chi connectivity index (χ1) is 5.70. The van der Waals surface area contributed by atoms with Gasteiger partial charge in [0.15, 0.2) is 0 Å². The molecule has 2 N–H and O–H groups in total. The van der Waals surface area contributed by atoms with Crippen molar-refractivity contribution in [3.05, 3.63) is 12.2 Å². The van der Waals surface area contributed by atoms with Crippen LogP contribution in [-0.2, 0) is 0 Å². The van der Waals surface area contributed by atoms with Crippen LogP contribution in [0.4, 0.5) is 0 Å². The molecule has 0 bridgehead atoms. The van der Waals surface area contributed by atoms with Crippen LogP contribution in [0.3, 0.4) is 0 Å². The molecule has 0 rings (SSSR count). The molecule has 0 aromatic heterocycles. The predicted molar refractivity (Wildman–Crippen MR) is 50.9 cm³/mol. The Balaban J connectivity index is 3.36. The van der Waals surface area contributed by atoms with E-state index in [-0.39, 0.29) is 13.2 Å². The standard InChI is InChI=1S/C10H20O2/c1-9(7-11)5-3-4-6-10(2)8-12/h3-4,9-12H,5-8H2,1-2H3. The first kappa shape index (κ1) is 11.7. The number of allylic oxidation sites excluding steroid dienone is 2. The van der Waals surface area contributed by atoms with Gasteiger partial charge in [0, 0.05) is 13.2 Å². The molecule has 2 atom stereocenters. The number of hydrogen-bond acceptors (Lipinski definition) is 2. The molecule has 0 heterocycles. The summed E-state index contributed by atoms with van der Waals surface area (Å²) in [5.41, 5.74) is 0. The van der Waals surface area contributed by atoms with Crippen molar-refractivity contribution in [2.24, 2.45) is 11.8 Å². The van der Waals surface area contributed by atoms with Crippen LogP contribution in [0.25, 0.3) is 0 Å². The van der Waals surface area contributed by atoms with E-state index in [9.17, 15) is 0 Å². The van der Waals surface area contributed by atoms with E-state index in [1.807, 2.05) is 13.8 Å². The molecule has 0 aliphatic carbocycles. The lowest BCUT2D eigenvalue weighted by molar-refractivity contribution is 0.236. The highest BCUT2D eigenvalue weighted by atomic mass is 16.3. The third-order valence-corrected chi connectivity index (χ3v) is 1.87. The van der Waals surface area contributed by atoms with Gasteiger partial charge in [0.25, 0.3) is 0 Å². The lowest BCUT2D eigenvalue weighted by Gasteiger charge is -2.04. The Hall–Kier alpha value is -0.340. The van der Waals surface area contributed by atoms with E-state index in [4.69, 9.17) is 10.2 Å². The van der Waals surface area contributed by atoms with Gasteiger partial charge in [-0.15, -0.1) is 0 Å². The van der Waals surface area contributed by atoms with Crippen LogP contribution in [0, 0.1) is 11.8 Å². The van der Waals surface area contributed by atoms with E-state index in [1.54, 1.807) is 0 Å². The maximum absolute atomic E-state index is 8.72. The van der Waals surface area contributed by atoms with Gasteiger partial charge in [-0.1, -0.05) is 26.0 Å². The molecule has 12 heavy (non-hydrogen) atoms. The zero-order valence-corrected chi connectivity index (χ0v) is 8.03. The minimum Gasteiger partial charge on any atom is -0.396 e. The fraction of sp³-hybridized carbons (Fsp3) is 0.800. The van der Waals surface area contributed by atoms with Crippen molar-refractivity contribution < 1.29 is 10.2 Å². The topological polar surface area (TPSA) is 40.5 Å². The summed E-state index contributed by atoms with van der Waals surface area (Å²) >= 11 is 0. The molecule has 0 aliphatic heterocycles. The third kappa shape index (κ3) is 6.38. The summed E-state index contributed by atoms with van der Waals surface area (Å²) in [6, 6.07) is 0. The summed E-state index contributed by atoms with van der Waals surface area (Å²) in [5, 5.41) is 17.4. The molecule has 0 fully saturated rings. The quantitative estimate of drug-likeness (QED) is 0.597. The van der Waals surface area contributed by atoms with Crippen molar-refractivity contribution in [1.29, 1.82) is 0 Å². The summed E-state index contributed by atoms with van der Waals surface area (Å²) in [6.45, 7) is 4.53. The SMILES string of the molecule is CC(CO)CC=CCC(C)CO. The van der Waals surface area contributed by atoms with Crippen LogP contribution < -0.4 is 0 Å². The Bertz CT molecular complexity index is 107. The molecule has 72 valence electrons. The Morgan fingerprint density at radius 1 is 0.917 bits per heavy atom. The maximum atomic E-state index is 8.72. The van der Waals surface area contributed by atoms with Gasteiger partial charge in [0.1, 0.15) is 0 Å². The molecule has 0 aromatic carbocycles. The van der Waals surface area contributed by atoms with Crippen LogP contribution in [0.15, 0.2) is 12.2 Å². The number of hydrogen-bond donors (Lipinski definition) is 2. The van der Waals surface area contributed by atoms with E-state index in [2.05, 4.69) is 12.2 Å². The molecule has 0 amide bonds. The van der Waals surface area contributed by atoms with Crippen molar-refractivity contribution in [2.75, 3.05) is 13.2 Å². The first-order valence-electron chi connectivity index (χ1n) is 4.57. The van der Waals surface area contributed by atoms with Crippen molar-refractivity contribution in [2.45, 2.75) is 26.7 Å². The average molecular weight is 172 g/mol. The summed E-state index contributed by atoms with van der Waals surface area (Å²) < 4.78 is 0. The lowest BCUT2D eigenvalue weighted by atomic mass is 10.1. The molecule has 0 spiro atoms. The smallest absolute Gasteiger partial charge is 0.0459 e. The molecule has 2 unspecified atom stereocenters. The lowest BCUT2D eigenvalue weighted by Crippen LogP contribution is -1.99. The van der Waals surface area contributed by atoms with Gasteiger partial charge in [-0.2, -0.15) is 0 Å². The summed E-state index contributed by atoms with van der Waals surface area (Å²) in [5.74, 6) is 0.705. The van der Waals surface area contributed by atoms with Gasteiger partial charge >= 0.3 is 0 Å². The minimum atomic E-state index is 0.250. The zero-order valence-electron chi connectivity index (χ0n) is 8.03. The van der Waals surface area contributed by atoms with Crippen molar-refractivity contribution in [1.82, 2.24) is 0 Å². The van der Waals surface area contributed by atoms with Crippen molar-refractivity contribution in [3.63, 3.8) is 0 Å². The molecule has 2 heteroatoms. The predicted octanol–water partition coefficient (Wildman–Crippen LogP) is 1.58. The number of aliphatic hydroxyl groups is 2. The highest BCUT2D eigenvalue weighted by molar-refractivity contribution is 4.84.